The number of H-pyrrole nitrogens is 1. The second-order valence-electron chi connectivity index (χ2n) is 7.72. The van der Waals surface area contributed by atoms with E-state index in [9.17, 15) is 13.2 Å². The summed E-state index contributed by atoms with van der Waals surface area (Å²) >= 11 is 0. The van der Waals surface area contributed by atoms with Crippen molar-refractivity contribution in [1.82, 2.24) is 14.3 Å². The summed E-state index contributed by atoms with van der Waals surface area (Å²) in [6, 6.07) is 14.5. The van der Waals surface area contributed by atoms with E-state index >= 15 is 0 Å². The standard InChI is InChI=1S/C23H25N3O4S/c1-16-10-11-18(23(27)30-2)13-21(16)31(28,29)26-12-6-9-19(15-26)22-24-14-20(25-22)17-7-4-3-5-8-17/h3-5,7-8,10-11,13-14,19H,6,9,12,15H2,1-2H3,(H,24,25)/t19-/m1/s1. The molecule has 1 aliphatic heterocycles. The van der Waals surface area contributed by atoms with Gasteiger partial charge in [-0.05, 0) is 43.0 Å². The van der Waals surface area contributed by atoms with E-state index < -0.39 is 16.0 Å². The summed E-state index contributed by atoms with van der Waals surface area (Å²) in [4.78, 5) is 19.9. The average molecular weight is 440 g/mol. The Hall–Kier alpha value is -2.97. The molecule has 0 aliphatic carbocycles. The summed E-state index contributed by atoms with van der Waals surface area (Å²) < 4.78 is 33.1. The zero-order valence-electron chi connectivity index (χ0n) is 17.5. The van der Waals surface area contributed by atoms with Crippen LogP contribution in [-0.4, -0.2) is 48.9 Å². The van der Waals surface area contributed by atoms with Crippen LogP contribution in [0, 0.1) is 6.92 Å². The van der Waals surface area contributed by atoms with Crippen molar-refractivity contribution in [1.29, 1.82) is 0 Å². The van der Waals surface area contributed by atoms with E-state index in [1.165, 1.54) is 17.5 Å². The number of nitrogens with one attached hydrogen (secondary N) is 1. The van der Waals surface area contributed by atoms with Crippen LogP contribution in [0.1, 0.15) is 40.5 Å². The van der Waals surface area contributed by atoms with Gasteiger partial charge in [0, 0.05) is 19.0 Å². The van der Waals surface area contributed by atoms with Gasteiger partial charge in [-0.2, -0.15) is 4.31 Å². The second kappa shape index (κ2) is 8.64. The van der Waals surface area contributed by atoms with Gasteiger partial charge in [-0.3, -0.25) is 0 Å². The number of aromatic amines is 1. The van der Waals surface area contributed by atoms with Crippen molar-refractivity contribution in [2.24, 2.45) is 0 Å². The minimum absolute atomic E-state index is 0.0231. The molecule has 1 atom stereocenters. The molecule has 0 radical (unpaired) electrons. The van der Waals surface area contributed by atoms with Crippen molar-refractivity contribution in [3.8, 4) is 11.3 Å². The van der Waals surface area contributed by atoms with E-state index in [0.717, 1.165) is 29.9 Å². The first kappa shape index (κ1) is 21.3. The number of hydrogen-bond donors (Lipinski definition) is 1. The number of imidazole rings is 1. The maximum atomic E-state index is 13.4. The van der Waals surface area contributed by atoms with Crippen molar-refractivity contribution in [2.45, 2.75) is 30.6 Å². The van der Waals surface area contributed by atoms with Gasteiger partial charge in [-0.1, -0.05) is 36.4 Å². The number of piperidine rings is 1. The second-order valence-corrected chi connectivity index (χ2v) is 9.63. The summed E-state index contributed by atoms with van der Waals surface area (Å²) in [6.45, 7) is 2.51. The lowest BCUT2D eigenvalue weighted by Gasteiger charge is -2.31. The number of carbonyl (C=O) groups excluding carboxylic acids is 1. The van der Waals surface area contributed by atoms with Gasteiger partial charge in [-0.25, -0.2) is 18.2 Å². The maximum absolute atomic E-state index is 13.4. The fourth-order valence-corrected chi connectivity index (χ4v) is 5.73. The largest absolute Gasteiger partial charge is 0.465 e. The predicted octanol–water partition coefficient (Wildman–Crippen LogP) is 3.74. The molecule has 0 spiro atoms. The molecule has 0 saturated carbocycles. The molecule has 1 aromatic heterocycles. The highest BCUT2D eigenvalue weighted by atomic mass is 32.2. The third-order valence-electron chi connectivity index (χ3n) is 5.68. The van der Waals surface area contributed by atoms with Gasteiger partial charge in [0.2, 0.25) is 10.0 Å². The van der Waals surface area contributed by atoms with Crippen molar-refractivity contribution >= 4 is 16.0 Å². The molecule has 2 aromatic carbocycles. The number of ether oxygens (including phenoxy) is 1. The smallest absolute Gasteiger partial charge is 0.337 e. The zero-order chi connectivity index (χ0) is 22.0. The van der Waals surface area contributed by atoms with Gasteiger partial charge >= 0.3 is 5.97 Å². The highest BCUT2D eigenvalue weighted by Crippen LogP contribution is 2.31. The summed E-state index contributed by atoms with van der Waals surface area (Å²) in [5.74, 6) is 0.209. The number of methoxy groups -OCH3 is 1. The van der Waals surface area contributed by atoms with E-state index in [1.807, 2.05) is 30.3 Å². The van der Waals surface area contributed by atoms with E-state index in [0.29, 0.717) is 18.7 Å². The average Bonchev–Trinajstić information content (AvgIpc) is 3.30. The Bertz CT molecular complexity index is 1190. The minimum atomic E-state index is -3.76. The monoisotopic (exact) mass is 439 g/mol. The highest BCUT2D eigenvalue weighted by molar-refractivity contribution is 7.89. The lowest BCUT2D eigenvalue weighted by atomic mass is 9.99. The van der Waals surface area contributed by atoms with Crippen LogP contribution in [0.15, 0.2) is 59.6 Å². The number of hydrogen-bond acceptors (Lipinski definition) is 5. The summed E-state index contributed by atoms with van der Waals surface area (Å²) in [5.41, 5.74) is 2.77. The van der Waals surface area contributed by atoms with Crippen LogP contribution in [0.25, 0.3) is 11.3 Å². The van der Waals surface area contributed by atoms with E-state index in [2.05, 4.69) is 9.97 Å². The van der Waals surface area contributed by atoms with Gasteiger partial charge in [0.1, 0.15) is 5.82 Å². The lowest BCUT2D eigenvalue weighted by molar-refractivity contribution is 0.0600. The SMILES string of the molecule is COC(=O)c1ccc(C)c(S(=O)(=O)N2CCC[C@@H](c3ncc(-c4ccccc4)[nH]3)C2)c1. The fraction of sp³-hybridized carbons (Fsp3) is 0.304. The molecule has 3 aromatic rings. The molecule has 1 fully saturated rings. The van der Waals surface area contributed by atoms with Crippen LogP contribution in [0.3, 0.4) is 0 Å². The van der Waals surface area contributed by atoms with Gasteiger partial charge in [0.15, 0.2) is 0 Å². The molecular formula is C23H25N3O4S. The van der Waals surface area contributed by atoms with Gasteiger partial charge in [-0.15, -0.1) is 0 Å². The van der Waals surface area contributed by atoms with Crippen molar-refractivity contribution in [3.05, 3.63) is 71.7 Å². The Labute approximate surface area is 182 Å². The van der Waals surface area contributed by atoms with Crippen molar-refractivity contribution < 1.29 is 17.9 Å². The van der Waals surface area contributed by atoms with Crippen LogP contribution in [0.2, 0.25) is 0 Å². The normalized spacial score (nSPS) is 17.4. The summed E-state index contributed by atoms with van der Waals surface area (Å²) in [6.07, 6.45) is 3.39. The number of rotatable bonds is 5. The van der Waals surface area contributed by atoms with Crippen LogP contribution in [-0.2, 0) is 14.8 Å². The Morgan fingerprint density at radius 1 is 1.19 bits per heavy atom. The van der Waals surface area contributed by atoms with Crippen LogP contribution >= 0.6 is 0 Å². The first-order chi connectivity index (χ1) is 14.9. The Balaban J connectivity index is 1.59. The molecule has 0 unspecified atom stereocenters. The molecule has 1 aliphatic rings. The van der Waals surface area contributed by atoms with Gasteiger partial charge in [0.25, 0.3) is 0 Å². The quantitative estimate of drug-likeness (QED) is 0.612. The molecule has 31 heavy (non-hydrogen) atoms. The molecule has 162 valence electrons. The number of nitrogens with zero attached hydrogens (tertiary/aromatic N) is 2. The minimum Gasteiger partial charge on any atom is -0.465 e. The van der Waals surface area contributed by atoms with E-state index in [4.69, 9.17) is 4.74 Å². The molecule has 2 heterocycles. The fourth-order valence-electron chi connectivity index (χ4n) is 3.95. The number of esters is 1. The van der Waals surface area contributed by atoms with Gasteiger partial charge in [0.05, 0.1) is 29.5 Å². The lowest BCUT2D eigenvalue weighted by Crippen LogP contribution is -2.39. The third kappa shape index (κ3) is 4.26. The number of benzene rings is 2. The maximum Gasteiger partial charge on any atom is 0.337 e. The number of sulfonamides is 1. The van der Waals surface area contributed by atoms with E-state index in [1.54, 1.807) is 25.3 Å². The Morgan fingerprint density at radius 3 is 2.71 bits per heavy atom. The molecule has 7 nitrogen and oxygen atoms in total. The van der Waals surface area contributed by atoms with Crippen molar-refractivity contribution in [2.75, 3.05) is 20.2 Å². The van der Waals surface area contributed by atoms with E-state index in [-0.39, 0.29) is 16.4 Å². The first-order valence-corrected chi connectivity index (χ1v) is 11.6. The molecule has 1 saturated heterocycles. The zero-order valence-corrected chi connectivity index (χ0v) is 18.4. The highest BCUT2D eigenvalue weighted by Gasteiger charge is 2.33. The molecule has 1 N–H and O–H groups in total. The summed E-state index contributed by atoms with van der Waals surface area (Å²) in [7, 11) is -2.48. The van der Waals surface area contributed by atoms with Crippen LogP contribution in [0.5, 0.6) is 0 Å². The molecular weight excluding hydrogens is 414 g/mol. The number of aryl methyl sites for hydroxylation is 1. The number of carbonyl (C=O) groups is 1. The molecule has 8 heteroatoms. The Kier molecular flexibility index (Phi) is 5.93. The third-order valence-corrected chi connectivity index (χ3v) is 7.69. The molecule has 0 amide bonds. The predicted molar refractivity (Wildman–Crippen MR) is 117 cm³/mol. The Morgan fingerprint density at radius 2 is 1.97 bits per heavy atom. The van der Waals surface area contributed by atoms with Crippen LogP contribution < -0.4 is 0 Å². The van der Waals surface area contributed by atoms with Gasteiger partial charge < -0.3 is 9.72 Å². The summed E-state index contributed by atoms with van der Waals surface area (Å²) in [5, 5.41) is 0. The molecule has 0 bridgehead atoms. The van der Waals surface area contributed by atoms with Crippen LogP contribution in [0.4, 0.5) is 0 Å². The first-order valence-electron chi connectivity index (χ1n) is 10.2. The topological polar surface area (TPSA) is 92.4 Å². The van der Waals surface area contributed by atoms with Crippen molar-refractivity contribution in [3.63, 3.8) is 0 Å². The number of aromatic nitrogens is 2. The molecule has 4 rings (SSSR count).